The van der Waals surface area contributed by atoms with Gasteiger partial charge in [0.2, 0.25) is 5.91 Å². The minimum absolute atomic E-state index is 0.0120. The fourth-order valence-corrected chi connectivity index (χ4v) is 5.45. The second-order valence-electron chi connectivity index (χ2n) is 8.39. The Morgan fingerprint density at radius 2 is 1.93 bits per heavy atom. The summed E-state index contributed by atoms with van der Waals surface area (Å²) in [5.41, 5.74) is 5.96. The van der Waals surface area contributed by atoms with Gasteiger partial charge in [-0.1, -0.05) is 0 Å². The average Bonchev–Trinajstić information content (AvgIpc) is 3.11. The van der Waals surface area contributed by atoms with Gasteiger partial charge in [0.25, 0.3) is 11.5 Å². The minimum atomic E-state index is -0.825. The predicted octanol–water partition coefficient (Wildman–Crippen LogP) is 0.842. The molecule has 5 heterocycles. The third kappa shape index (κ3) is 2.59. The van der Waals surface area contributed by atoms with E-state index >= 15 is 0 Å². The summed E-state index contributed by atoms with van der Waals surface area (Å²) in [5.74, 6) is 0.477. The quantitative estimate of drug-likeness (QED) is 0.669. The maximum absolute atomic E-state index is 13.5. The van der Waals surface area contributed by atoms with Crippen molar-refractivity contribution >= 4 is 29.1 Å². The number of nitrogens with zero attached hydrogens (tertiary/aromatic N) is 4. The first-order valence-electron chi connectivity index (χ1n) is 10.0. The number of nitrogens with one attached hydrogen (secondary N) is 2. The highest BCUT2D eigenvalue weighted by Gasteiger charge is 2.55. The Kier molecular flexibility index (Phi) is 3.89. The number of aryl methyl sites for hydroxylation is 1. The molecule has 0 aliphatic carbocycles. The van der Waals surface area contributed by atoms with E-state index in [1.54, 1.807) is 17.6 Å². The van der Waals surface area contributed by atoms with Crippen LogP contribution in [0.3, 0.4) is 0 Å². The van der Waals surface area contributed by atoms with Gasteiger partial charge in [0, 0.05) is 37.9 Å². The number of fused-ring (bicyclic) bond motifs is 4. The van der Waals surface area contributed by atoms with E-state index in [0.29, 0.717) is 35.6 Å². The van der Waals surface area contributed by atoms with Gasteiger partial charge in [0.05, 0.1) is 0 Å². The normalized spacial score (nSPS) is 26.6. The number of aromatic nitrogens is 3. The van der Waals surface area contributed by atoms with Gasteiger partial charge in [0.1, 0.15) is 35.0 Å². The van der Waals surface area contributed by atoms with Crippen LogP contribution in [0.15, 0.2) is 23.3 Å². The molecule has 156 valence electrons. The molecule has 2 aromatic heterocycles. The number of amides is 2. The lowest BCUT2D eigenvalue weighted by atomic mass is 9.90. The van der Waals surface area contributed by atoms with Gasteiger partial charge < -0.3 is 21.3 Å². The van der Waals surface area contributed by atoms with Crippen molar-refractivity contribution in [2.75, 3.05) is 11.1 Å². The number of piperidine rings is 1. The summed E-state index contributed by atoms with van der Waals surface area (Å²) < 4.78 is 1.60. The smallest absolute Gasteiger partial charge is 0.276 e. The zero-order chi connectivity index (χ0) is 21.2. The van der Waals surface area contributed by atoms with Crippen LogP contribution in [0.25, 0.3) is 0 Å². The van der Waals surface area contributed by atoms with Gasteiger partial charge >= 0.3 is 0 Å². The summed E-state index contributed by atoms with van der Waals surface area (Å²) in [5, 5.41) is 6.11. The first-order valence-corrected chi connectivity index (χ1v) is 10.0. The molecule has 30 heavy (non-hydrogen) atoms. The zero-order valence-corrected chi connectivity index (χ0v) is 16.8. The van der Waals surface area contributed by atoms with E-state index in [4.69, 9.17) is 5.73 Å². The number of pyridine rings is 1. The predicted molar refractivity (Wildman–Crippen MR) is 109 cm³/mol. The molecule has 10 heteroatoms. The summed E-state index contributed by atoms with van der Waals surface area (Å²) in [6.45, 7) is 3.39. The van der Waals surface area contributed by atoms with Crippen molar-refractivity contribution in [2.24, 2.45) is 0 Å². The number of carbonyl (C=O) groups excluding carboxylic acids is 2. The lowest BCUT2D eigenvalue weighted by molar-refractivity contribution is -0.135. The standard InChI is InChI=1S/C20H23N7O3/c1-10-5-14(24-16-6-15(21)22-9-23-16)19(30)27-17(10)18(29)25-20(27)7-12-3-4-13(8-20)26(12)11(2)28/h5-6,9,12-13H,3-4,7-8H2,1-2H3,(H,25,29)(H3,21,22,23,24). The molecular weight excluding hydrogens is 386 g/mol. The molecule has 3 aliphatic heterocycles. The highest BCUT2D eigenvalue weighted by atomic mass is 16.2. The fraction of sp³-hybridized carbons (Fsp3) is 0.450. The van der Waals surface area contributed by atoms with Crippen LogP contribution in [0.1, 0.15) is 48.7 Å². The van der Waals surface area contributed by atoms with Crippen LogP contribution in [0, 0.1) is 6.92 Å². The van der Waals surface area contributed by atoms with Crippen LogP contribution in [0.2, 0.25) is 0 Å². The average molecular weight is 409 g/mol. The topological polar surface area (TPSA) is 135 Å². The van der Waals surface area contributed by atoms with Gasteiger partial charge in [-0.05, 0) is 31.4 Å². The van der Waals surface area contributed by atoms with E-state index in [1.165, 1.54) is 12.4 Å². The van der Waals surface area contributed by atoms with E-state index in [9.17, 15) is 14.4 Å². The number of hydrogen-bond acceptors (Lipinski definition) is 7. The number of rotatable bonds is 2. The maximum Gasteiger partial charge on any atom is 0.276 e. The third-order valence-corrected chi connectivity index (χ3v) is 6.46. The Hall–Kier alpha value is -3.43. The van der Waals surface area contributed by atoms with Crippen molar-refractivity contribution in [1.29, 1.82) is 0 Å². The van der Waals surface area contributed by atoms with Crippen LogP contribution < -0.4 is 21.9 Å². The van der Waals surface area contributed by atoms with Crippen molar-refractivity contribution in [1.82, 2.24) is 24.8 Å². The Morgan fingerprint density at radius 1 is 1.23 bits per heavy atom. The molecule has 2 atom stereocenters. The van der Waals surface area contributed by atoms with Gasteiger partial charge in [-0.2, -0.15) is 0 Å². The molecule has 0 radical (unpaired) electrons. The van der Waals surface area contributed by atoms with Crippen LogP contribution in [0.4, 0.5) is 17.3 Å². The molecule has 2 bridgehead atoms. The molecule has 2 aromatic rings. The maximum atomic E-state index is 13.5. The molecule has 4 N–H and O–H groups in total. The van der Waals surface area contributed by atoms with E-state index < -0.39 is 5.66 Å². The van der Waals surface area contributed by atoms with E-state index in [1.807, 2.05) is 11.8 Å². The molecule has 3 aliphatic rings. The molecule has 5 rings (SSSR count). The first-order chi connectivity index (χ1) is 14.3. The Balaban J connectivity index is 1.60. The van der Waals surface area contributed by atoms with E-state index in [-0.39, 0.29) is 35.3 Å². The number of carbonyl (C=O) groups is 2. The van der Waals surface area contributed by atoms with Crippen LogP contribution in [-0.4, -0.2) is 43.3 Å². The summed E-state index contributed by atoms with van der Waals surface area (Å²) in [4.78, 5) is 48.4. The lowest BCUT2D eigenvalue weighted by Crippen LogP contribution is -2.59. The largest absolute Gasteiger partial charge is 0.384 e. The van der Waals surface area contributed by atoms with Crippen LogP contribution in [-0.2, 0) is 10.5 Å². The number of hydrogen-bond donors (Lipinski definition) is 3. The Bertz CT molecular complexity index is 1130. The Labute approximate surface area is 172 Å². The number of nitrogen functional groups attached to an aromatic ring is 1. The summed E-state index contributed by atoms with van der Waals surface area (Å²) in [6.07, 6.45) is 4.11. The van der Waals surface area contributed by atoms with Crippen molar-refractivity contribution in [3.8, 4) is 0 Å². The highest BCUT2D eigenvalue weighted by molar-refractivity contribution is 5.97. The number of anilines is 3. The second kappa shape index (κ2) is 6.28. The van der Waals surface area contributed by atoms with Gasteiger partial charge in [-0.15, -0.1) is 0 Å². The SMILES string of the molecule is CC(=O)N1C2CCC1CC1(C2)NC(=O)c2c(C)cc(Nc3cc(N)ncn3)c(=O)n21. The zero-order valence-electron chi connectivity index (χ0n) is 16.8. The molecule has 2 fully saturated rings. The summed E-state index contributed by atoms with van der Waals surface area (Å²) >= 11 is 0. The molecular formula is C20H23N7O3. The van der Waals surface area contributed by atoms with Crippen molar-refractivity contribution in [2.45, 2.75) is 57.3 Å². The van der Waals surface area contributed by atoms with E-state index in [2.05, 4.69) is 20.6 Å². The van der Waals surface area contributed by atoms with Crippen molar-refractivity contribution in [3.05, 3.63) is 40.1 Å². The first kappa shape index (κ1) is 18.6. The second-order valence-corrected chi connectivity index (χ2v) is 8.39. The van der Waals surface area contributed by atoms with Gasteiger partial charge in [-0.25, -0.2) is 9.97 Å². The molecule has 0 saturated carbocycles. The molecule has 1 spiro atoms. The highest BCUT2D eigenvalue weighted by Crippen LogP contribution is 2.45. The number of nitrogens with two attached hydrogens (primary N) is 1. The van der Waals surface area contributed by atoms with Gasteiger partial charge in [-0.3, -0.25) is 19.0 Å². The van der Waals surface area contributed by atoms with Crippen molar-refractivity contribution in [3.63, 3.8) is 0 Å². The molecule has 10 nitrogen and oxygen atoms in total. The molecule has 2 saturated heterocycles. The van der Waals surface area contributed by atoms with E-state index in [0.717, 1.165) is 12.8 Å². The molecule has 0 aromatic carbocycles. The fourth-order valence-electron chi connectivity index (χ4n) is 5.45. The minimum Gasteiger partial charge on any atom is -0.384 e. The third-order valence-electron chi connectivity index (χ3n) is 6.46. The summed E-state index contributed by atoms with van der Waals surface area (Å²) in [7, 11) is 0. The summed E-state index contributed by atoms with van der Waals surface area (Å²) in [6, 6.07) is 3.22. The molecule has 2 amide bonds. The lowest BCUT2D eigenvalue weighted by Gasteiger charge is -2.45. The van der Waals surface area contributed by atoms with Crippen LogP contribution in [0.5, 0.6) is 0 Å². The van der Waals surface area contributed by atoms with Crippen molar-refractivity contribution < 1.29 is 9.59 Å². The van der Waals surface area contributed by atoms with Crippen LogP contribution >= 0.6 is 0 Å². The Morgan fingerprint density at radius 3 is 2.57 bits per heavy atom. The monoisotopic (exact) mass is 409 g/mol. The van der Waals surface area contributed by atoms with Gasteiger partial charge in [0.15, 0.2) is 0 Å². The molecule has 2 unspecified atom stereocenters.